The van der Waals surface area contributed by atoms with Gasteiger partial charge in [-0.15, -0.1) is 10.2 Å². The third kappa shape index (κ3) is 4.23. The lowest BCUT2D eigenvalue weighted by Crippen LogP contribution is -2.37. The molecule has 1 aromatic carbocycles. The largest absolute Gasteiger partial charge is 0.497 e. The first-order chi connectivity index (χ1) is 14.7. The second kappa shape index (κ2) is 8.87. The van der Waals surface area contributed by atoms with E-state index in [-0.39, 0.29) is 5.82 Å². The lowest BCUT2D eigenvalue weighted by molar-refractivity contribution is 0.122. The van der Waals surface area contributed by atoms with E-state index in [9.17, 15) is 4.39 Å². The van der Waals surface area contributed by atoms with Gasteiger partial charge in [0.25, 0.3) is 0 Å². The van der Waals surface area contributed by atoms with E-state index in [1.165, 1.54) is 0 Å². The summed E-state index contributed by atoms with van der Waals surface area (Å²) in [6.07, 6.45) is 1.15. The SMILES string of the molecule is CNc1nnc(Nc2nc(N3CCOCC3)ncc2F)cc1-c1ccc(OC)cc1. The van der Waals surface area contributed by atoms with E-state index >= 15 is 0 Å². The summed E-state index contributed by atoms with van der Waals surface area (Å²) in [7, 11) is 3.38. The maximum absolute atomic E-state index is 14.4. The van der Waals surface area contributed by atoms with Gasteiger partial charge in [0, 0.05) is 25.7 Å². The van der Waals surface area contributed by atoms with Crippen LogP contribution in [-0.4, -0.2) is 60.6 Å². The number of benzene rings is 1. The van der Waals surface area contributed by atoms with Crippen molar-refractivity contribution in [2.45, 2.75) is 0 Å². The average molecular weight is 411 g/mol. The number of anilines is 4. The third-order valence-corrected chi connectivity index (χ3v) is 4.70. The van der Waals surface area contributed by atoms with Gasteiger partial charge < -0.3 is 25.0 Å². The molecule has 4 rings (SSSR count). The van der Waals surface area contributed by atoms with Crippen LogP contribution < -0.4 is 20.3 Å². The highest BCUT2D eigenvalue weighted by atomic mass is 19.1. The van der Waals surface area contributed by atoms with E-state index < -0.39 is 5.82 Å². The normalized spacial score (nSPS) is 13.8. The topological polar surface area (TPSA) is 97.3 Å². The van der Waals surface area contributed by atoms with E-state index in [1.807, 2.05) is 29.2 Å². The van der Waals surface area contributed by atoms with E-state index in [2.05, 4.69) is 30.8 Å². The summed E-state index contributed by atoms with van der Waals surface area (Å²) in [5, 5.41) is 14.3. The van der Waals surface area contributed by atoms with Gasteiger partial charge in [-0.3, -0.25) is 0 Å². The maximum Gasteiger partial charge on any atom is 0.227 e. The average Bonchev–Trinajstić information content (AvgIpc) is 2.81. The highest BCUT2D eigenvalue weighted by molar-refractivity contribution is 5.77. The highest BCUT2D eigenvalue weighted by Crippen LogP contribution is 2.30. The number of rotatable bonds is 6. The fourth-order valence-electron chi connectivity index (χ4n) is 3.11. The van der Waals surface area contributed by atoms with Crippen LogP contribution in [0.4, 0.5) is 27.8 Å². The van der Waals surface area contributed by atoms with Crippen LogP contribution in [0.2, 0.25) is 0 Å². The van der Waals surface area contributed by atoms with Gasteiger partial charge in [-0.25, -0.2) is 9.37 Å². The van der Waals surface area contributed by atoms with Gasteiger partial charge in [0.1, 0.15) is 5.75 Å². The number of nitrogens with one attached hydrogen (secondary N) is 2. The van der Waals surface area contributed by atoms with Crippen LogP contribution in [-0.2, 0) is 4.74 Å². The van der Waals surface area contributed by atoms with Crippen molar-refractivity contribution < 1.29 is 13.9 Å². The molecule has 30 heavy (non-hydrogen) atoms. The van der Waals surface area contributed by atoms with Crippen molar-refractivity contribution in [2.24, 2.45) is 0 Å². The molecule has 1 fully saturated rings. The summed E-state index contributed by atoms with van der Waals surface area (Å²) < 4.78 is 24.9. The van der Waals surface area contributed by atoms with Gasteiger partial charge >= 0.3 is 0 Å². The third-order valence-electron chi connectivity index (χ3n) is 4.70. The first-order valence-electron chi connectivity index (χ1n) is 9.50. The molecule has 156 valence electrons. The molecule has 0 bridgehead atoms. The Balaban J connectivity index is 1.63. The molecule has 1 aliphatic heterocycles. The maximum atomic E-state index is 14.4. The second-order valence-corrected chi connectivity index (χ2v) is 6.56. The zero-order valence-corrected chi connectivity index (χ0v) is 16.7. The number of aromatic nitrogens is 4. The van der Waals surface area contributed by atoms with Crippen LogP contribution in [0.25, 0.3) is 11.1 Å². The number of hydrogen-bond donors (Lipinski definition) is 2. The predicted molar refractivity (Wildman–Crippen MR) is 112 cm³/mol. The van der Waals surface area contributed by atoms with Gasteiger partial charge in [0.05, 0.1) is 26.5 Å². The molecule has 0 amide bonds. The number of nitrogens with zero attached hydrogens (tertiary/aromatic N) is 5. The van der Waals surface area contributed by atoms with Crippen LogP contribution in [0.15, 0.2) is 36.5 Å². The van der Waals surface area contributed by atoms with Gasteiger partial charge in [0.15, 0.2) is 23.3 Å². The Kier molecular flexibility index (Phi) is 5.84. The summed E-state index contributed by atoms with van der Waals surface area (Å²) in [6.45, 7) is 2.49. The fraction of sp³-hybridized carbons (Fsp3) is 0.300. The molecule has 0 aliphatic carbocycles. The first-order valence-corrected chi connectivity index (χ1v) is 9.50. The lowest BCUT2D eigenvalue weighted by atomic mass is 10.1. The van der Waals surface area contributed by atoms with Crippen LogP contribution >= 0.6 is 0 Å². The molecule has 2 N–H and O–H groups in total. The van der Waals surface area contributed by atoms with Crippen molar-refractivity contribution in [3.05, 3.63) is 42.3 Å². The van der Waals surface area contributed by atoms with Gasteiger partial charge in [0.2, 0.25) is 5.95 Å². The van der Waals surface area contributed by atoms with Crippen molar-refractivity contribution in [2.75, 3.05) is 56.0 Å². The lowest BCUT2D eigenvalue weighted by Gasteiger charge is -2.26. The molecular weight excluding hydrogens is 389 g/mol. The van der Waals surface area contributed by atoms with Crippen LogP contribution in [0.1, 0.15) is 0 Å². The number of hydrogen-bond acceptors (Lipinski definition) is 9. The summed E-state index contributed by atoms with van der Waals surface area (Å²) in [5.41, 5.74) is 1.72. The zero-order valence-electron chi connectivity index (χ0n) is 16.7. The van der Waals surface area contributed by atoms with Crippen LogP contribution in [0.5, 0.6) is 5.75 Å². The summed E-state index contributed by atoms with van der Waals surface area (Å²) in [5.74, 6) is 1.63. The molecule has 9 nitrogen and oxygen atoms in total. The molecule has 0 saturated carbocycles. The van der Waals surface area contributed by atoms with Gasteiger partial charge in [-0.1, -0.05) is 12.1 Å². The first kappa shape index (κ1) is 19.8. The fourth-order valence-corrected chi connectivity index (χ4v) is 3.11. The molecule has 1 aliphatic rings. The molecule has 0 spiro atoms. The summed E-state index contributed by atoms with van der Waals surface area (Å²) in [6, 6.07) is 9.35. The van der Waals surface area contributed by atoms with Crippen molar-refractivity contribution >= 4 is 23.4 Å². The standard InChI is InChI=1S/C20H22FN7O2/c1-22-18-15(13-3-5-14(29-2)6-4-13)11-17(26-27-18)24-19-16(21)12-23-20(25-19)28-7-9-30-10-8-28/h3-6,11-12H,7-10H2,1-2H3,(H,22,27)(H,23,24,25,26). The van der Waals surface area contributed by atoms with Crippen molar-refractivity contribution in [3.8, 4) is 16.9 Å². The van der Waals surface area contributed by atoms with E-state index in [0.29, 0.717) is 43.9 Å². The minimum absolute atomic E-state index is 0.0404. The molecule has 10 heteroatoms. The van der Waals surface area contributed by atoms with E-state index in [1.54, 1.807) is 20.2 Å². The smallest absolute Gasteiger partial charge is 0.227 e. The Morgan fingerprint density at radius 2 is 1.87 bits per heavy atom. The van der Waals surface area contributed by atoms with E-state index in [4.69, 9.17) is 9.47 Å². The molecule has 0 radical (unpaired) electrons. The Labute approximate surface area is 173 Å². The Hall–Kier alpha value is -3.53. The second-order valence-electron chi connectivity index (χ2n) is 6.56. The molecule has 0 atom stereocenters. The van der Waals surface area contributed by atoms with Crippen molar-refractivity contribution in [1.29, 1.82) is 0 Å². The molecule has 0 unspecified atom stereocenters. The monoisotopic (exact) mass is 411 g/mol. The number of methoxy groups -OCH3 is 1. The zero-order chi connectivity index (χ0) is 20.9. The van der Waals surface area contributed by atoms with Crippen molar-refractivity contribution in [3.63, 3.8) is 0 Å². The summed E-state index contributed by atoms with van der Waals surface area (Å²) in [4.78, 5) is 10.4. The van der Waals surface area contributed by atoms with Crippen molar-refractivity contribution in [1.82, 2.24) is 20.2 Å². The highest BCUT2D eigenvalue weighted by Gasteiger charge is 2.17. The van der Waals surface area contributed by atoms with Crippen LogP contribution in [0, 0.1) is 5.82 Å². The molecular formula is C20H22FN7O2. The quantitative estimate of drug-likeness (QED) is 0.634. The Morgan fingerprint density at radius 3 is 2.57 bits per heavy atom. The summed E-state index contributed by atoms with van der Waals surface area (Å²) >= 11 is 0. The number of morpholine rings is 1. The number of ether oxygens (including phenoxy) is 2. The molecule has 2 aromatic heterocycles. The minimum Gasteiger partial charge on any atom is -0.497 e. The molecule has 1 saturated heterocycles. The van der Waals surface area contributed by atoms with E-state index in [0.717, 1.165) is 23.1 Å². The predicted octanol–water partition coefficient (Wildman–Crippen LogP) is 2.70. The molecule has 3 aromatic rings. The molecule has 3 heterocycles. The van der Waals surface area contributed by atoms with Gasteiger partial charge in [-0.05, 0) is 23.8 Å². The van der Waals surface area contributed by atoms with Gasteiger partial charge in [-0.2, -0.15) is 4.98 Å². The van der Waals surface area contributed by atoms with Crippen LogP contribution in [0.3, 0.4) is 0 Å². The minimum atomic E-state index is -0.572. The Morgan fingerprint density at radius 1 is 1.10 bits per heavy atom. The number of halogens is 1. The Bertz CT molecular complexity index is 1010.